The molecule has 0 radical (unpaired) electrons. The van der Waals surface area contributed by atoms with E-state index in [1.807, 2.05) is 0 Å². The molecule has 24 heavy (non-hydrogen) atoms. The molecule has 2 heterocycles. The first-order valence-corrected chi connectivity index (χ1v) is 8.05. The lowest BCUT2D eigenvalue weighted by atomic mass is 9.92. The van der Waals surface area contributed by atoms with Crippen molar-refractivity contribution in [1.82, 2.24) is 25.0 Å². The number of hydrogen-bond donors (Lipinski definition) is 2. The van der Waals surface area contributed by atoms with Crippen LogP contribution in [0, 0.1) is 5.82 Å². The fourth-order valence-electron chi connectivity index (χ4n) is 3.00. The minimum atomic E-state index is -0.296. The van der Waals surface area contributed by atoms with E-state index in [9.17, 15) is 4.39 Å². The fraction of sp³-hybridized carbons (Fsp3) is 0.375. The average Bonchev–Trinajstić information content (AvgIpc) is 3.01. The summed E-state index contributed by atoms with van der Waals surface area (Å²) in [7, 11) is 0. The standard InChI is InChI=1S/C16H18FN7/c17-10-1-7-13(8-2-10)24-15-14(22-23-24)9-19-16(21-15)20-12-5-3-11(18)4-6-12/h1-2,7-9,11-12H,3-6,18H2,(H,19,20,21)/t11-,12-. The van der Waals surface area contributed by atoms with Crippen LogP contribution < -0.4 is 11.1 Å². The quantitative estimate of drug-likeness (QED) is 0.764. The predicted octanol–water partition coefficient (Wildman–Crippen LogP) is 2.03. The summed E-state index contributed by atoms with van der Waals surface area (Å²) in [5, 5.41) is 11.5. The van der Waals surface area contributed by atoms with Gasteiger partial charge in [0.25, 0.3) is 0 Å². The summed E-state index contributed by atoms with van der Waals surface area (Å²) in [5.41, 5.74) is 7.82. The SMILES string of the molecule is N[C@H]1CC[C@H](Nc2ncc3nnn(-c4ccc(F)cc4)c3n2)CC1. The molecule has 0 bridgehead atoms. The zero-order chi connectivity index (χ0) is 16.5. The van der Waals surface area contributed by atoms with Crippen molar-refractivity contribution in [2.45, 2.75) is 37.8 Å². The number of nitrogens with two attached hydrogens (primary N) is 1. The van der Waals surface area contributed by atoms with Gasteiger partial charge < -0.3 is 11.1 Å². The second-order valence-corrected chi connectivity index (χ2v) is 6.14. The monoisotopic (exact) mass is 327 g/mol. The summed E-state index contributed by atoms with van der Waals surface area (Å²) in [6.07, 6.45) is 5.69. The van der Waals surface area contributed by atoms with Crippen LogP contribution in [0.2, 0.25) is 0 Å². The highest BCUT2D eigenvalue weighted by molar-refractivity contribution is 5.71. The molecule has 1 aromatic carbocycles. The first-order valence-electron chi connectivity index (χ1n) is 8.05. The Morgan fingerprint density at radius 2 is 1.88 bits per heavy atom. The second kappa shape index (κ2) is 6.12. The number of nitrogens with zero attached hydrogens (tertiary/aromatic N) is 5. The van der Waals surface area contributed by atoms with Crippen LogP contribution in [0.4, 0.5) is 10.3 Å². The lowest BCUT2D eigenvalue weighted by Crippen LogP contribution is -2.33. The molecule has 1 aliphatic carbocycles. The minimum Gasteiger partial charge on any atom is -0.351 e. The highest BCUT2D eigenvalue weighted by Crippen LogP contribution is 2.21. The van der Waals surface area contributed by atoms with E-state index in [4.69, 9.17) is 5.73 Å². The Labute approximate surface area is 138 Å². The molecule has 0 spiro atoms. The lowest BCUT2D eigenvalue weighted by Gasteiger charge is -2.26. The zero-order valence-electron chi connectivity index (χ0n) is 13.1. The number of hydrogen-bond acceptors (Lipinski definition) is 6. The maximum absolute atomic E-state index is 13.1. The number of benzene rings is 1. The predicted molar refractivity (Wildman–Crippen MR) is 88.3 cm³/mol. The highest BCUT2D eigenvalue weighted by atomic mass is 19.1. The van der Waals surface area contributed by atoms with Gasteiger partial charge >= 0.3 is 0 Å². The van der Waals surface area contributed by atoms with Crippen molar-refractivity contribution in [3.63, 3.8) is 0 Å². The summed E-state index contributed by atoms with van der Waals surface area (Å²) >= 11 is 0. The maximum atomic E-state index is 13.1. The van der Waals surface area contributed by atoms with Crippen molar-refractivity contribution in [1.29, 1.82) is 0 Å². The first kappa shape index (κ1) is 14.9. The van der Waals surface area contributed by atoms with Crippen molar-refractivity contribution >= 4 is 17.1 Å². The van der Waals surface area contributed by atoms with Gasteiger partial charge in [-0.15, -0.1) is 5.10 Å². The van der Waals surface area contributed by atoms with Crippen molar-refractivity contribution in [2.24, 2.45) is 5.73 Å². The molecule has 2 aromatic heterocycles. The van der Waals surface area contributed by atoms with Crippen molar-refractivity contribution in [3.05, 3.63) is 36.3 Å². The normalized spacial score (nSPS) is 21.1. The van der Waals surface area contributed by atoms with Crippen molar-refractivity contribution in [2.75, 3.05) is 5.32 Å². The second-order valence-electron chi connectivity index (χ2n) is 6.14. The van der Waals surface area contributed by atoms with E-state index in [0.29, 0.717) is 34.9 Å². The summed E-state index contributed by atoms with van der Waals surface area (Å²) < 4.78 is 14.7. The summed E-state index contributed by atoms with van der Waals surface area (Å²) in [6, 6.07) is 6.68. The Kier molecular flexibility index (Phi) is 3.81. The molecule has 4 rings (SSSR count). The van der Waals surface area contributed by atoms with E-state index in [-0.39, 0.29) is 5.82 Å². The van der Waals surface area contributed by atoms with Gasteiger partial charge in [-0.25, -0.2) is 9.37 Å². The van der Waals surface area contributed by atoms with E-state index in [1.165, 1.54) is 12.1 Å². The smallest absolute Gasteiger partial charge is 0.225 e. The summed E-state index contributed by atoms with van der Waals surface area (Å²) in [4.78, 5) is 8.85. The van der Waals surface area contributed by atoms with E-state index in [1.54, 1.807) is 23.0 Å². The van der Waals surface area contributed by atoms with Crippen LogP contribution in [0.3, 0.4) is 0 Å². The van der Waals surface area contributed by atoms with Crippen molar-refractivity contribution < 1.29 is 4.39 Å². The highest BCUT2D eigenvalue weighted by Gasteiger charge is 2.19. The fourth-order valence-corrected chi connectivity index (χ4v) is 3.00. The molecule has 1 saturated carbocycles. The van der Waals surface area contributed by atoms with Gasteiger partial charge in [-0.1, -0.05) is 5.21 Å². The lowest BCUT2D eigenvalue weighted by molar-refractivity contribution is 0.410. The third-order valence-electron chi connectivity index (χ3n) is 4.37. The molecule has 124 valence electrons. The van der Waals surface area contributed by atoms with Crippen LogP contribution in [-0.2, 0) is 0 Å². The average molecular weight is 327 g/mol. The Morgan fingerprint density at radius 1 is 1.12 bits per heavy atom. The van der Waals surface area contributed by atoms with Crippen LogP contribution >= 0.6 is 0 Å². The van der Waals surface area contributed by atoms with E-state index >= 15 is 0 Å². The molecule has 3 aromatic rings. The molecular weight excluding hydrogens is 309 g/mol. The number of rotatable bonds is 3. The van der Waals surface area contributed by atoms with Gasteiger partial charge in [0.15, 0.2) is 11.2 Å². The van der Waals surface area contributed by atoms with Gasteiger partial charge in [0.05, 0.1) is 11.9 Å². The Bertz CT molecular complexity index is 837. The van der Waals surface area contributed by atoms with Crippen LogP contribution in [0.5, 0.6) is 0 Å². The van der Waals surface area contributed by atoms with Crippen LogP contribution in [0.25, 0.3) is 16.9 Å². The van der Waals surface area contributed by atoms with Crippen LogP contribution in [0.1, 0.15) is 25.7 Å². The van der Waals surface area contributed by atoms with Gasteiger partial charge in [0, 0.05) is 12.1 Å². The molecule has 0 amide bonds. The molecule has 1 fully saturated rings. The van der Waals surface area contributed by atoms with Crippen LogP contribution in [0.15, 0.2) is 30.5 Å². The molecule has 0 unspecified atom stereocenters. The zero-order valence-corrected chi connectivity index (χ0v) is 13.1. The molecule has 8 heteroatoms. The molecular formula is C16H18FN7. The number of halogens is 1. The summed E-state index contributed by atoms with van der Waals surface area (Å²) in [5.74, 6) is 0.254. The number of fused-ring (bicyclic) bond motifs is 1. The molecule has 3 N–H and O–H groups in total. The number of aromatic nitrogens is 5. The largest absolute Gasteiger partial charge is 0.351 e. The number of nitrogens with one attached hydrogen (secondary N) is 1. The maximum Gasteiger partial charge on any atom is 0.225 e. The third-order valence-corrected chi connectivity index (χ3v) is 4.37. The van der Waals surface area contributed by atoms with Gasteiger partial charge in [-0.3, -0.25) is 0 Å². The van der Waals surface area contributed by atoms with Gasteiger partial charge in [0.1, 0.15) is 5.82 Å². The molecule has 0 saturated heterocycles. The molecule has 0 atom stereocenters. The topological polar surface area (TPSA) is 94.5 Å². The van der Waals surface area contributed by atoms with Crippen LogP contribution in [-0.4, -0.2) is 37.0 Å². The first-order chi connectivity index (χ1) is 11.7. The number of anilines is 1. The Balaban J connectivity index is 1.62. The van der Waals surface area contributed by atoms with E-state index in [2.05, 4.69) is 25.6 Å². The van der Waals surface area contributed by atoms with E-state index < -0.39 is 0 Å². The third kappa shape index (κ3) is 2.92. The van der Waals surface area contributed by atoms with Gasteiger partial charge in [0.2, 0.25) is 5.95 Å². The molecule has 1 aliphatic rings. The van der Waals surface area contributed by atoms with E-state index in [0.717, 1.165) is 25.7 Å². The van der Waals surface area contributed by atoms with Crippen molar-refractivity contribution in [3.8, 4) is 5.69 Å². The molecule has 7 nitrogen and oxygen atoms in total. The van der Waals surface area contributed by atoms with Gasteiger partial charge in [-0.2, -0.15) is 9.67 Å². The Morgan fingerprint density at radius 3 is 2.62 bits per heavy atom. The summed E-state index contributed by atoms with van der Waals surface area (Å²) in [6.45, 7) is 0. The Hall–Kier alpha value is -2.61. The molecule has 0 aliphatic heterocycles. The van der Waals surface area contributed by atoms with Gasteiger partial charge in [-0.05, 0) is 49.9 Å². The minimum absolute atomic E-state index is 0.296.